The number of carbonyl (C=O) groups excluding carboxylic acids is 3. The third kappa shape index (κ3) is 3.31. The van der Waals surface area contributed by atoms with E-state index in [0.29, 0.717) is 5.57 Å². The lowest BCUT2D eigenvalue weighted by Crippen LogP contribution is -2.71. The summed E-state index contributed by atoms with van der Waals surface area (Å²) in [4.78, 5) is 38.6. The molecule has 5 aliphatic rings. The fourth-order valence-corrected chi connectivity index (χ4v) is 8.76. The van der Waals surface area contributed by atoms with E-state index in [2.05, 4.69) is 0 Å². The van der Waals surface area contributed by atoms with Gasteiger partial charge in [-0.25, -0.2) is 0 Å². The Bertz CT molecular complexity index is 1100. The van der Waals surface area contributed by atoms with Crippen molar-refractivity contribution >= 4 is 17.5 Å². The van der Waals surface area contributed by atoms with Crippen LogP contribution in [0.3, 0.4) is 0 Å². The maximum Gasteiger partial charge on any atom is 0.309 e. The Morgan fingerprint density at radius 1 is 1.11 bits per heavy atom. The number of ether oxygens (including phenoxy) is 1. The monoisotopic (exact) mass is 536 g/mol. The molecule has 0 bridgehead atoms. The van der Waals surface area contributed by atoms with Crippen LogP contribution in [0.4, 0.5) is 0 Å². The van der Waals surface area contributed by atoms with Crippen molar-refractivity contribution in [2.24, 2.45) is 34.5 Å². The Labute approximate surface area is 221 Å². The Hall–Kier alpha value is -1.69. The summed E-state index contributed by atoms with van der Waals surface area (Å²) in [5, 5.41) is 67.8. The summed E-state index contributed by atoms with van der Waals surface area (Å²) in [6.07, 6.45) is -2.70. The van der Waals surface area contributed by atoms with Crippen molar-refractivity contribution in [1.29, 1.82) is 0 Å². The van der Waals surface area contributed by atoms with Gasteiger partial charge in [-0.3, -0.25) is 14.4 Å². The molecule has 3 saturated carbocycles. The predicted molar refractivity (Wildman–Crippen MR) is 131 cm³/mol. The molecular formula is C28H40O10. The number of carbonyl (C=O) groups is 3. The first-order valence-corrected chi connectivity index (χ1v) is 13.6. The molecule has 5 rings (SSSR count). The molecule has 212 valence electrons. The number of hydrogen-bond acceptors (Lipinski definition) is 10. The second-order valence-electron chi connectivity index (χ2n) is 13.3. The molecule has 10 nitrogen and oxygen atoms in total. The van der Waals surface area contributed by atoms with Gasteiger partial charge < -0.3 is 35.4 Å². The SMILES string of the molecule is CC1C(=O)OC[C@H]1CC(=O)[C@](C)(O)[C@H]1CC[C@@]2(O)C3=CC(=O)C4(O)CC(O)C(O)C[C@]4(C)[C@H]3CC(O)[C@]12C. The maximum atomic E-state index is 13.4. The van der Waals surface area contributed by atoms with Crippen LogP contribution in [0.2, 0.25) is 0 Å². The molecule has 0 aromatic heterocycles. The molecule has 0 aromatic carbocycles. The van der Waals surface area contributed by atoms with Crippen LogP contribution in [-0.4, -0.2) is 89.9 Å². The lowest BCUT2D eigenvalue weighted by molar-refractivity contribution is -0.224. The van der Waals surface area contributed by atoms with Gasteiger partial charge in [0.25, 0.3) is 0 Å². The summed E-state index contributed by atoms with van der Waals surface area (Å²) in [5.74, 6) is -3.95. The summed E-state index contributed by atoms with van der Waals surface area (Å²) in [7, 11) is 0. The van der Waals surface area contributed by atoms with E-state index in [0.717, 1.165) is 0 Å². The van der Waals surface area contributed by atoms with Gasteiger partial charge in [0.05, 0.1) is 36.4 Å². The Balaban J connectivity index is 1.51. The van der Waals surface area contributed by atoms with Crippen molar-refractivity contribution in [1.82, 2.24) is 0 Å². The number of rotatable bonds is 4. The van der Waals surface area contributed by atoms with E-state index in [1.54, 1.807) is 20.8 Å². The van der Waals surface area contributed by atoms with Gasteiger partial charge in [-0.15, -0.1) is 0 Å². The number of Topliss-reactive ketones (excluding diaryl/α,β-unsaturated/α-hetero) is 1. The molecule has 1 saturated heterocycles. The number of fused-ring (bicyclic) bond motifs is 5. The molecule has 38 heavy (non-hydrogen) atoms. The minimum absolute atomic E-state index is 0.0301. The van der Waals surface area contributed by atoms with Gasteiger partial charge in [0.1, 0.15) is 11.2 Å². The van der Waals surface area contributed by atoms with E-state index in [9.17, 15) is 45.0 Å². The Kier molecular flexibility index (Phi) is 6.16. The molecule has 1 heterocycles. The Morgan fingerprint density at radius 3 is 2.34 bits per heavy atom. The summed E-state index contributed by atoms with van der Waals surface area (Å²) in [6.45, 7) is 6.44. The highest BCUT2D eigenvalue weighted by Gasteiger charge is 2.74. The zero-order chi connectivity index (χ0) is 28.2. The molecule has 0 spiro atoms. The number of aliphatic hydroxyl groups excluding tert-OH is 3. The predicted octanol–water partition coefficient (Wildman–Crippen LogP) is -0.204. The molecule has 10 heteroatoms. The number of esters is 1. The van der Waals surface area contributed by atoms with E-state index >= 15 is 0 Å². The molecule has 4 fully saturated rings. The van der Waals surface area contributed by atoms with Gasteiger partial charge in [0, 0.05) is 35.5 Å². The van der Waals surface area contributed by atoms with Crippen LogP contribution in [0.15, 0.2) is 11.6 Å². The molecule has 12 atom stereocenters. The normalized spacial score (nSPS) is 51.8. The standard InChI is InChI=1S/C28H40O10/c1-13-14(12-38-23(13)34)7-21(32)26(4,35)19-5-6-27(36)16-9-22(33)28(37)11-18(30)17(29)10-24(28,2)15(16)8-20(31)25(19,27)3/h9,13-15,17-20,29-31,35-37H,5-8,10-12H2,1-4H3/t13?,14-,15+,17?,18?,19+,20?,24-,25+,26-,27-,28?/m1/s1. The fourth-order valence-electron chi connectivity index (χ4n) is 8.76. The van der Waals surface area contributed by atoms with E-state index < -0.39 is 75.3 Å². The van der Waals surface area contributed by atoms with E-state index in [1.807, 2.05) is 0 Å². The van der Waals surface area contributed by atoms with Crippen molar-refractivity contribution in [2.45, 2.75) is 101 Å². The molecule has 5 unspecified atom stereocenters. The summed E-state index contributed by atoms with van der Waals surface area (Å²) < 4.78 is 5.05. The van der Waals surface area contributed by atoms with Gasteiger partial charge in [0.15, 0.2) is 11.6 Å². The zero-order valence-electron chi connectivity index (χ0n) is 22.4. The number of aliphatic hydroxyl groups is 6. The highest BCUT2D eigenvalue weighted by molar-refractivity contribution is 6.00. The van der Waals surface area contributed by atoms with Crippen LogP contribution in [-0.2, 0) is 19.1 Å². The third-order valence-electron chi connectivity index (χ3n) is 11.6. The lowest BCUT2D eigenvalue weighted by Gasteiger charge is -2.63. The van der Waals surface area contributed by atoms with Crippen LogP contribution in [0, 0.1) is 34.5 Å². The van der Waals surface area contributed by atoms with Crippen LogP contribution in [0.5, 0.6) is 0 Å². The van der Waals surface area contributed by atoms with Crippen molar-refractivity contribution < 1.29 is 49.8 Å². The smallest absolute Gasteiger partial charge is 0.309 e. The van der Waals surface area contributed by atoms with Crippen molar-refractivity contribution in [2.75, 3.05) is 6.61 Å². The third-order valence-corrected chi connectivity index (χ3v) is 11.6. The molecule has 4 aliphatic carbocycles. The second-order valence-corrected chi connectivity index (χ2v) is 13.3. The van der Waals surface area contributed by atoms with Gasteiger partial charge in [-0.05, 0) is 50.2 Å². The van der Waals surface area contributed by atoms with Gasteiger partial charge in [-0.1, -0.05) is 20.8 Å². The number of cyclic esters (lactones) is 1. The largest absolute Gasteiger partial charge is 0.465 e. The second kappa shape index (κ2) is 8.41. The lowest BCUT2D eigenvalue weighted by atomic mass is 9.43. The zero-order valence-corrected chi connectivity index (χ0v) is 22.4. The molecule has 0 aromatic rings. The van der Waals surface area contributed by atoms with Crippen LogP contribution in [0.1, 0.15) is 66.2 Å². The average molecular weight is 537 g/mol. The maximum absolute atomic E-state index is 13.4. The van der Waals surface area contributed by atoms with Gasteiger partial charge in [-0.2, -0.15) is 0 Å². The van der Waals surface area contributed by atoms with Crippen molar-refractivity contribution in [3.63, 3.8) is 0 Å². The topological polar surface area (TPSA) is 182 Å². The first kappa shape index (κ1) is 27.9. The minimum atomic E-state index is -1.97. The highest BCUT2D eigenvalue weighted by atomic mass is 16.5. The molecule has 0 radical (unpaired) electrons. The van der Waals surface area contributed by atoms with Crippen LogP contribution >= 0.6 is 0 Å². The number of hydrogen-bond donors (Lipinski definition) is 6. The summed E-state index contributed by atoms with van der Waals surface area (Å²) in [6, 6.07) is 0. The Morgan fingerprint density at radius 2 is 1.74 bits per heavy atom. The molecule has 0 amide bonds. The first-order valence-electron chi connectivity index (χ1n) is 13.6. The van der Waals surface area contributed by atoms with Crippen LogP contribution in [0.25, 0.3) is 0 Å². The summed E-state index contributed by atoms with van der Waals surface area (Å²) >= 11 is 0. The minimum Gasteiger partial charge on any atom is -0.465 e. The van der Waals surface area contributed by atoms with Crippen molar-refractivity contribution in [3.8, 4) is 0 Å². The van der Waals surface area contributed by atoms with Gasteiger partial charge >= 0.3 is 5.97 Å². The highest BCUT2D eigenvalue weighted by Crippen LogP contribution is 2.69. The number of ketones is 2. The van der Waals surface area contributed by atoms with Crippen molar-refractivity contribution in [3.05, 3.63) is 11.6 Å². The molecule has 6 N–H and O–H groups in total. The summed E-state index contributed by atoms with van der Waals surface area (Å²) in [5.41, 5.74) is -7.99. The first-order chi connectivity index (χ1) is 17.4. The molecular weight excluding hydrogens is 496 g/mol. The van der Waals surface area contributed by atoms with E-state index in [-0.39, 0.29) is 57.0 Å². The molecule has 1 aliphatic heterocycles. The van der Waals surface area contributed by atoms with E-state index in [4.69, 9.17) is 4.74 Å². The van der Waals surface area contributed by atoms with Gasteiger partial charge in [0.2, 0.25) is 0 Å². The van der Waals surface area contributed by atoms with Crippen LogP contribution < -0.4 is 0 Å². The average Bonchev–Trinajstić information content (AvgIpc) is 3.30. The quantitative estimate of drug-likeness (QED) is 0.263. The fraction of sp³-hybridized carbons (Fsp3) is 0.821. The van der Waals surface area contributed by atoms with E-state index in [1.165, 1.54) is 13.0 Å².